The van der Waals surface area contributed by atoms with Gasteiger partial charge in [0, 0.05) is 31.4 Å². The highest BCUT2D eigenvalue weighted by Crippen LogP contribution is 2.53. The number of halogens is 2. The van der Waals surface area contributed by atoms with Gasteiger partial charge in [0.05, 0.1) is 10.4 Å². The Kier molecular flexibility index (Phi) is 4.66. The molecule has 0 radical (unpaired) electrons. The van der Waals surface area contributed by atoms with Crippen LogP contribution in [0.5, 0.6) is 0 Å². The number of hydrogen-bond donors (Lipinski definition) is 0. The van der Waals surface area contributed by atoms with Crippen LogP contribution in [-0.4, -0.2) is 27.9 Å². The molecule has 0 atom stereocenters. The minimum absolute atomic E-state index is 0.183. The van der Waals surface area contributed by atoms with E-state index in [1.165, 1.54) is 12.1 Å². The topological polar surface area (TPSA) is 34.0 Å². The van der Waals surface area contributed by atoms with E-state index >= 15 is 0 Å². The van der Waals surface area contributed by atoms with Crippen LogP contribution in [0.2, 0.25) is 5.02 Å². The molecule has 4 nitrogen and oxygen atoms in total. The SMILES string of the molecule is CC(C)N(C)c1ccc(-c2nnc(C3(c4ccc(F)cc4)CC3)n2C)c(Cl)c1. The molecule has 0 spiro atoms. The third-order valence-electron chi connectivity index (χ3n) is 5.83. The van der Waals surface area contributed by atoms with Gasteiger partial charge in [0.15, 0.2) is 5.82 Å². The summed E-state index contributed by atoms with van der Waals surface area (Å²) in [7, 11) is 4.02. The van der Waals surface area contributed by atoms with E-state index in [0.29, 0.717) is 11.1 Å². The van der Waals surface area contributed by atoms with Gasteiger partial charge in [-0.1, -0.05) is 23.7 Å². The van der Waals surface area contributed by atoms with Crippen molar-refractivity contribution in [1.29, 1.82) is 0 Å². The van der Waals surface area contributed by atoms with Gasteiger partial charge in [-0.3, -0.25) is 0 Å². The summed E-state index contributed by atoms with van der Waals surface area (Å²) in [6.45, 7) is 4.28. The van der Waals surface area contributed by atoms with Crippen molar-refractivity contribution in [1.82, 2.24) is 14.8 Å². The molecule has 6 heteroatoms. The third kappa shape index (κ3) is 3.08. The van der Waals surface area contributed by atoms with Crippen molar-refractivity contribution >= 4 is 17.3 Å². The second-order valence-corrected chi connectivity index (χ2v) is 8.27. The highest BCUT2D eigenvalue weighted by Gasteiger charge is 2.50. The van der Waals surface area contributed by atoms with Gasteiger partial charge < -0.3 is 9.47 Å². The van der Waals surface area contributed by atoms with Crippen LogP contribution >= 0.6 is 11.6 Å². The fourth-order valence-electron chi connectivity index (χ4n) is 3.72. The van der Waals surface area contributed by atoms with Crippen molar-refractivity contribution in [2.24, 2.45) is 7.05 Å². The molecule has 4 rings (SSSR count). The number of rotatable bonds is 5. The van der Waals surface area contributed by atoms with Crippen molar-refractivity contribution in [3.8, 4) is 11.4 Å². The smallest absolute Gasteiger partial charge is 0.165 e. The minimum atomic E-state index is -0.226. The first-order chi connectivity index (χ1) is 13.3. The van der Waals surface area contributed by atoms with Gasteiger partial charge in [0.25, 0.3) is 0 Å². The van der Waals surface area contributed by atoms with Crippen molar-refractivity contribution < 1.29 is 4.39 Å². The molecule has 146 valence electrons. The summed E-state index contributed by atoms with van der Waals surface area (Å²) in [6.07, 6.45) is 1.97. The van der Waals surface area contributed by atoms with E-state index < -0.39 is 0 Å². The Hall–Kier alpha value is -2.40. The number of anilines is 1. The molecule has 1 saturated carbocycles. The maximum Gasteiger partial charge on any atom is 0.165 e. The summed E-state index contributed by atoms with van der Waals surface area (Å²) in [4.78, 5) is 2.17. The summed E-state index contributed by atoms with van der Waals surface area (Å²) in [5.41, 5.74) is 2.82. The molecule has 28 heavy (non-hydrogen) atoms. The zero-order valence-corrected chi connectivity index (χ0v) is 17.3. The van der Waals surface area contributed by atoms with Gasteiger partial charge in [-0.15, -0.1) is 10.2 Å². The minimum Gasteiger partial charge on any atom is -0.372 e. The molecule has 0 N–H and O–H groups in total. The molecule has 1 fully saturated rings. The standard InChI is InChI=1S/C22H24ClFN4/c1-14(2)27(3)17-9-10-18(19(23)13-17)20-25-26-21(28(20)4)22(11-12-22)15-5-7-16(24)8-6-15/h5-10,13-14H,11-12H2,1-4H3. The number of nitrogens with zero attached hydrogens (tertiary/aromatic N) is 4. The van der Waals surface area contributed by atoms with E-state index in [4.69, 9.17) is 11.6 Å². The van der Waals surface area contributed by atoms with E-state index in [1.54, 1.807) is 0 Å². The van der Waals surface area contributed by atoms with E-state index in [9.17, 15) is 4.39 Å². The summed E-state index contributed by atoms with van der Waals surface area (Å²) in [5.74, 6) is 1.41. The van der Waals surface area contributed by atoms with Crippen LogP contribution in [0.3, 0.4) is 0 Å². The number of aromatic nitrogens is 3. The van der Waals surface area contributed by atoms with Gasteiger partial charge in [-0.2, -0.15) is 0 Å². The first-order valence-corrected chi connectivity index (χ1v) is 9.90. The van der Waals surface area contributed by atoms with Crippen LogP contribution in [0.4, 0.5) is 10.1 Å². The summed E-state index contributed by atoms with van der Waals surface area (Å²) >= 11 is 6.61. The van der Waals surface area contributed by atoms with E-state index in [2.05, 4.69) is 42.1 Å². The third-order valence-corrected chi connectivity index (χ3v) is 6.14. The molecule has 0 amide bonds. The lowest BCUT2D eigenvalue weighted by atomic mass is 9.95. The van der Waals surface area contributed by atoms with Crippen molar-refractivity contribution in [2.75, 3.05) is 11.9 Å². The van der Waals surface area contributed by atoms with E-state index in [0.717, 1.165) is 41.3 Å². The van der Waals surface area contributed by atoms with Crippen LogP contribution in [0.25, 0.3) is 11.4 Å². The van der Waals surface area contributed by atoms with Crippen LogP contribution in [0.1, 0.15) is 38.1 Å². The van der Waals surface area contributed by atoms with Crippen molar-refractivity contribution in [3.05, 3.63) is 64.7 Å². The Bertz CT molecular complexity index is 1010. The average molecular weight is 399 g/mol. The molecule has 3 aromatic rings. The lowest BCUT2D eigenvalue weighted by Crippen LogP contribution is -2.25. The summed E-state index contributed by atoms with van der Waals surface area (Å²) in [6, 6.07) is 13.1. The fraction of sp³-hybridized carbons (Fsp3) is 0.364. The van der Waals surface area contributed by atoms with Gasteiger partial charge in [0.1, 0.15) is 11.6 Å². The Morgan fingerprint density at radius 2 is 1.79 bits per heavy atom. The van der Waals surface area contributed by atoms with Crippen molar-refractivity contribution in [2.45, 2.75) is 38.1 Å². The summed E-state index contributed by atoms with van der Waals surface area (Å²) < 4.78 is 15.4. The molecule has 0 bridgehead atoms. The van der Waals surface area contributed by atoms with Gasteiger partial charge >= 0.3 is 0 Å². The second kappa shape index (κ2) is 6.89. The summed E-state index contributed by atoms with van der Waals surface area (Å²) in [5, 5.41) is 9.60. The highest BCUT2D eigenvalue weighted by atomic mass is 35.5. The molecule has 0 unspecified atom stereocenters. The molecule has 1 heterocycles. The molecule has 1 aliphatic rings. The molecule has 0 aliphatic heterocycles. The molecule has 1 aliphatic carbocycles. The van der Waals surface area contributed by atoms with Gasteiger partial charge in [-0.05, 0) is 62.6 Å². The number of hydrogen-bond acceptors (Lipinski definition) is 3. The first kappa shape index (κ1) is 18.9. The van der Waals surface area contributed by atoms with E-state index in [1.807, 2.05) is 35.9 Å². The Morgan fingerprint density at radius 3 is 2.36 bits per heavy atom. The zero-order valence-electron chi connectivity index (χ0n) is 16.6. The average Bonchev–Trinajstić information content (AvgIpc) is 3.38. The molecule has 0 saturated heterocycles. The van der Waals surface area contributed by atoms with Crippen LogP contribution in [0.15, 0.2) is 42.5 Å². The predicted octanol–water partition coefficient (Wildman–Crippen LogP) is 5.20. The Balaban J connectivity index is 1.71. The first-order valence-electron chi connectivity index (χ1n) is 9.52. The molecule has 1 aromatic heterocycles. The molecular formula is C22H24ClFN4. The van der Waals surface area contributed by atoms with Crippen LogP contribution < -0.4 is 4.90 Å². The lowest BCUT2D eigenvalue weighted by Gasteiger charge is -2.24. The molecular weight excluding hydrogens is 375 g/mol. The van der Waals surface area contributed by atoms with Crippen LogP contribution in [0, 0.1) is 5.82 Å². The normalized spacial score (nSPS) is 15.1. The van der Waals surface area contributed by atoms with Gasteiger partial charge in [-0.25, -0.2) is 4.39 Å². The maximum atomic E-state index is 13.3. The number of benzene rings is 2. The van der Waals surface area contributed by atoms with Gasteiger partial charge in [0.2, 0.25) is 0 Å². The second-order valence-electron chi connectivity index (χ2n) is 7.86. The molecule has 2 aromatic carbocycles. The van der Waals surface area contributed by atoms with Crippen LogP contribution in [-0.2, 0) is 12.5 Å². The fourth-order valence-corrected chi connectivity index (χ4v) is 3.98. The predicted molar refractivity (Wildman–Crippen MR) is 111 cm³/mol. The largest absolute Gasteiger partial charge is 0.372 e. The monoisotopic (exact) mass is 398 g/mol. The van der Waals surface area contributed by atoms with Crippen molar-refractivity contribution in [3.63, 3.8) is 0 Å². The zero-order chi connectivity index (χ0) is 20.1. The highest BCUT2D eigenvalue weighted by molar-refractivity contribution is 6.33. The maximum absolute atomic E-state index is 13.3. The lowest BCUT2D eigenvalue weighted by molar-refractivity contribution is 0.624. The quantitative estimate of drug-likeness (QED) is 0.592. The van der Waals surface area contributed by atoms with E-state index in [-0.39, 0.29) is 11.2 Å². The Morgan fingerprint density at radius 1 is 1.11 bits per heavy atom. The Labute approximate surface area is 170 Å².